The Labute approximate surface area is 128 Å². The van der Waals surface area contributed by atoms with Gasteiger partial charge in [0.1, 0.15) is 0 Å². The summed E-state index contributed by atoms with van der Waals surface area (Å²) in [5.41, 5.74) is 0. The quantitative estimate of drug-likeness (QED) is 0.358. The molecule has 0 bridgehead atoms. The summed E-state index contributed by atoms with van der Waals surface area (Å²) in [6.07, 6.45) is 0. The van der Waals surface area contributed by atoms with Gasteiger partial charge < -0.3 is 98.6 Å². The second-order valence-electron chi connectivity index (χ2n) is 0.448. The van der Waals surface area contributed by atoms with Gasteiger partial charge in [-0.15, -0.1) is 0 Å². The average Bonchev–Trinajstić information content (AvgIpc) is 0.722. The van der Waals surface area contributed by atoms with Crippen molar-refractivity contribution in [2.24, 2.45) is 0 Å². The minimum absolute atomic E-state index is 0. The third kappa shape index (κ3) is 10700. The molecular weight excluding hydrogens is 384 g/mol. The van der Waals surface area contributed by atoms with E-state index in [0.717, 1.165) is 0 Å². The molecule has 0 spiro atoms. The van der Waals surface area contributed by atoms with Gasteiger partial charge in [-0.3, -0.25) is 9.11 Å². The largest absolute Gasteiger partial charge is 0.412 e. The molecule has 0 heterocycles. The van der Waals surface area contributed by atoms with Crippen LogP contribution >= 0.6 is 0 Å². The Kier molecular flexibility index (Phi) is 14100. The van der Waals surface area contributed by atoms with Crippen molar-refractivity contribution in [3.63, 3.8) is 0 Å². The van der Waals surface area contributed by atoms with E-state index in [4.69, 9.17) is 17.5 Å². The molecule has 0 amide bonds. The topological polar surface area (TPSA) is 642 Å². The van der Waals surface area contributed by atoms with Gasteiger partial charge in [0.25, 0.3) is 0 Å². The maximum absolute atomic E-state index is 8.74. The molecule has 0 aromatic rings. The zero-order chi connectivity index (χ0) is 4.50. The van der Waals surface area contributed by atoms with Crippen LogP contribution in [0.15, 0.2) is 0 Å². The zero-order valence-electron chi connectivity index (χ0n) is 11.1. The van der Waals surface area contributed by atoms with Crippen molar-refractivity contribution in [1.82, 2.24) is 0 Å². The van der Waals surface area contributed by atoms with Crippen molar-refractivity contribution in [2.75, 3.05) is 0 Å². The van der Waals surface area contributed by atoms with Crippen LogP contribution in [-0.4, -0.2) is 116 Å². The van der Waals surface area contributed by atoms with Crippen LogP contribution in [0.5, 0.6) is 0 Å². The van der Waals surface area contributed by atoms with E-state index in [1.54, 1.807) is 0 Å². The molecule has 0 atom stereocenters. The number of hydrogen-bond acceptors (Lipinski definition) is 2. The van der Waals surface area contributed by atoms with Crippen LogP contribution in [0.25, 0.3) is 0 Å². The highest BCUT2D eigenvalue weighted by molar-refractivity contribution is 7.79. The Morgan fingerprint density at radius 2 is 0.304 bits per heavy atom. The van der Waals surface area contributed by atoms with E-state index in [1.807, 2.05) is 0 Å². The van der Waals surface area contributed by atoms with Crippen LogP contribution in [0.1, 0.15) is 0 Å². The summed E-state index contributed by atoms with van der Waals surface area (Å²) in [6, 6.07) is 0. The smallest absolute Gasteiger partial charge is 0.394 e. The Bertz CT molecular complexity index is 89.1. The van der Waals surface area contributed by atoms with Crippen molar-refractivity contribution < 1.29 is 116 Å². The maximum atomic E-state index is 8.74. The summed E-state index contributed by atoms with van der Waals surface area (Å²) in [4.78, 5) is 0. The van der Waals surface area contributed by atoms with E-state index in [9.17, 15) is 0 Å². The van der Waals surface area contributed by atoms with Crippen LogP contribution in [0.4, 0.5) is 0 Å². The van der Waals surface area contributed by atoms with Gasteiger partial charge in [-0.05, 0) is 0 Å². The lowest BCUT2D eigenvalue weighted by molar-refractivity contribution is 0.380. The highest BCUT2D eigenvalue weighted by Crippen LogP contribution is 1.59. The Morgan fingerprint density at radius 3 is 0.304 bits per heavy atom. The van der Waals surface area contributed by atoms with Crippen LogP contribution in [0.2, 0.25) is 0 Å². The summed E-state index contributed by atoms with van der Waals surface area (Å²) in [5.74, 6) is 0. The van der Waals surface area contributed by atoms with Gasteiger partial charge in [-0.25, -0.2) is 0 Å². The Morgan fingerprint density at radius 1 is 0.304 bits per heavy atom. The summed E-state index contributed by atoms with van der Waals surface area (Å²) in [7, 11) is -4.67. The predicted octanol–water partition coefficient (Wildman–Crippen LogP) is -15.5. The molecule has 0 unspecified atom stereocenters. The van der Waals surface area contributed by atoms with Gasteiger partial charge in [0.05, 0.1) is 0 Å². The van der Waals surface area contributed by atoms with E-state index >= 15 is 0 Å². The molecule has 0 rings (SSSR count). The highest BCUT2D eigenvalue weighted by Gasteiger charge is 1.84. The van der Waals surface area contributed by atoms with Crippen molar-refractivity contribution in [3.05, 3.63) is 0 Å². The van der Waals surface area contributed by atoms with Gasteiger partial charge >= 0.3 is 10.4 Å². The fraction of sp³-hybridized carbons (Fsp3) is 0. The van der Waals surface area contributed by atoms with E-state index in [2.05, 4.69) is 0 Å². The normalized spacial score (nSPS) is 2.52. The molecule has 0 saturated carbocycles. The van der Waals surface area contributed by atoms with E-state index in [0.29, 0.717) is 0 Å². The molecule has 176 valence electrons. The minimum atomic E-state index is -4.67. The summed E-state index contributed by atoms with van der Waals surface area (Å²) >= 11 is 0. The fourth-order valence-electron chi connectivity index (χ4n) is 0. The molecule has 0 aliphatic heterocycles. The Hall–Kier alpha value is -0.850. The number of rotatable bonds is 0. The second kappa shape index (κ2) is 324. The van der Waals surface area contributed by atoms with Crippen LogP contribution < -0.4 is 0 Å². The van der Waals surface area contributed by atoms with Crippen LogP contribution in [0, 0.1) is 0 Å². The van der Waals surface area contributed by atoms with Crippen LogP contribution in [-0.2, 0) is 10.4 Å². The van der Waals surface area contributed by atoms with E-state index < -0.39 is 10.4 Å². The minimum Gasteiger partial charge on any atom is -0.412 e. The molecule has 0 saturated heterocycles. The first-order chi connectivity index (χ1) is 2.00. The lowest BCUT2D eigenvalue weighted by atomic mass is 15.8. The second-order valence-corrected chi connectivity index (χ2v) is 1.34. The molecule has 0 aliphatic rings. The standard InChI is InChI=1S/H2O4S.18H2O/c1-5(2,3)4;;;;;;;;;;;;;;;;;;/h(H2,1,2,3,4);18*1H2. The summed E-state index contributed by atoms with van der Waals surface area (Å²) < 4.78 is 31.6. The van der Waals surface area contributed by atoms with Crippen molar-refractivity contribution in [2.45, 2.75) is 0 Å². The zero-order valence-corrected chi connectivity index (χ0v) is 11.9. The molecule has 23 heteroatoms. The first-order valence-corrected chi connectivity index (χ1v) is 2.10. The average molecular weight is 422 g/mol. The van der Waals surface area contributed by atoms with Crippen molar-refractivity contribution in [1.29, 1.82) is 0 Å². The molecule has 22 nitrogen and oxygen atoms in total. The van der Waals surface area contributed by atoms with Gasteiger partial charge in [0.2, 0.25) is 0 Å². The van der Waals surface area contributed by atoms with Crippen molar-refractivity contribution in [3.8, 4) is 0 Å². The molecular formula is H38O22S. The van der Waals surface area contributed by atoms with Gasteiger partial charge in [0, 0.05) is 0 Å². The summed E-state index contributed by atoms with van der Waals surface area (Å²) in [5, 5.41) is 0. The lowest BCUT2D eigenvalue weighted by Gasteiger charge is -1.68. The number of hydrogen-bond donors (Lipinski definition) is 2. The van der Waals surface area contributed by atoms with E-state index in [1.165, 1.54) is 0 Å². The molecule has 0 radical (unpaired) electrons. The Balaban J connectivity index is -0.000000000523. The first kappa shape index (κ1) is 999. The highest BCUT2D eigenvalue weighted by atomic mass is 32.3. The van der Waals surface area contributed by atoms with Crippen molar-refractivity contribution >= 4 is 10.4 Å². The molecule has 0 aliphatic carbocycles. The lowest BCUT2D eigenvalue weighted by Crippen LogP contribution is -1.89. The fourth-order valence-corrected chi connectivity index (χ4v) is 0. The summed E-state index contributed by atoms with van der Waals surface area (Å²) in [6.45, 7) is 0. The molecule has 0 aromatic heterocycles. The third-order valence-corrected chi connectivity index (χ3v) is 0. The molecule has 38 N–H and O–H groups in total. The molecule has 23 heavy (non-hydrogen) atoms. The SMILES string of the molecule is O.O.O.O.O.O.O.O.O.O.O.O.O.O.O.O.O.O.O=S(=O)(O)O. The monoisotopic (exact) mass is 422 g/mol. The maximum Gasteiger partial charge on any atom is 0.394 e. The first-order valence-electron chi connectivity index (χ1n) is 0.698. The molecule has 0 fully saturated rings. The predicted molar refractivity (Wildman–Crippen MR) is 79.2 cm³/mol. The third-order valence-electron chi connectivity index (χ3n) is 0. The molecule has 0 aromatic carbocycles. The van der Waals surface area contributed by atoms with Gasteiger partial charge in [-0.2, -0.15) is 8.42 Å². The van der Waals surface area contributed by atoms with Gasteiger partial charge in [0.15, 0.2) is 0 Å². The van der Waals surface area contributed by atoms with Gasteiger partial charge in [-0.1, -0.05) is 0 Å². The van der Waals surface area contributed by atoms with Crippen LogP contribution in [0.3, 0.4) is 0 Å². The van der Waals surface area contributed by atoms with E-state index in [-0.39, 0.29) is 98.6 Å².